The van der Waals surface area contributed by atoms with E-state index in [1.54, 1.807) is 7.11 Å². The van der Waals surface area contributed by atoms with Gasteiger partial charge in [-0.1, -0.05) is 65.0 Å². The maximum absolute atomic E-state index is 5.55. The van der Waals surface area contributed by atoms with Crippen LogP contribution < -0.4 is 4.74 Å². The zero-order valence-electron chi connectivity index (χ0n) is 13.0. The SMILES string of the molecule is COc1ccc(C(C)(C)C)cc1CC1CCCCC1. The summed E-state index contributed by atoms with van der Waals surface area (Å²) < 4.78 is 5.55. The second-order valence-corrected chi connectivity index (χ2v) is 6.98. The smallest absolute Gasteiger partial charge is 0.122 e. The molecule has 0 aromatic heterocycles. The van der Waals surface area contributed by atoms with Gasteiger partial charge in [-0.15, -0.1) is 0 Å². The van der Waals surface area contributed by atoms with Crippen molar-refractivity contribution in [2.45, 2.75) is 64.7 Å². The Labute approximate surface area is 118 Å². The van der Waals surface area contributed by atoms with Gasteiger partial charge in [-0.05, 0) is 34.9 Å². The molecule has 0 saturated heterocycles. The molecule has 0 unspecified atom stereocenters. The first-order valence-electron chi connectivity index (χ1n) is 7.68. The van der Waals surface area contributed by atoms with Gasteiger partial charge in [0.25, 0.3) is 0 Å². The lowest BCUT2D eigenvalue weighted by atomic mass is 9.82. The van der Waals surface area contributed by atoms with Crippen LogP contribution in [0.4, 0.5) is 0 Å². The van der Waals surface area contributed by atoms with Crippen LogP contribution in [0, 0.1) is 5.92 Å². The van der Waals surface area contributed by atoms with Gasteiger partial charge in [-0.25, -0.2) is 0 Å². The molecule has 0 radical (unpaired) electrons. The third-order valence-electron chi connectivity index (χ3n) is 4.38. The zero-order chi connectivity index (χ0) is 13.9. The summed E-state index contributed by atoms with van der Waals surface area (Å²) in [5.74, 6) is 1.93. The van der Waals surface area contributed by atoms with Gasteiger partial charge in [-0.3, -0.25) is 0 Å². The number of rotatable bonds is 3. The van der Waals surface area contributed by atoms with Gasteiger partial charge in [0, 0.05) is 0 Å². The number of hydrogen-bond acceptors (Lipinski definition) is 1. The summed E-state index contributed by atoms with van der Waals surface area (Å²) in [6.45, 7) is 6.83. The van der Waals surface area contributed by atoms with Crippen LogP contribution in [0.2, 0.25) is 0 Å². The van der Waals surface area contributed by atoms with Crippen LogP contribution in [0.1, 0.15) is 64.0 Å². The number of ether oxygens (including phenoxy) is 1. The van der Waals surface area contributed by atoms with E-state index in [4.69, 9.17) is 4.74 Å². The molecule has 1 aliphatic carbocycles. The van der Waals surface area contributed by atoms with Crippen molar-refractivity contribution in [1.29, 1.82) is 0 Å². The highest BCUT2D eigenvalue weighted by Crippen LogP contribution is 2.33. The molecule has 1 aliphatic rings. The molecule has 19 heavy (non-hydrogen) atoms. The second kappa shape index (κ2) is 5.98. The summed E-state index contributed by atoms with van der Waals surface area (Å²) in [7, 11) is 1.79. The van der Waals surface area contributed by atoms with Crippen LogP contribution >= 0.6 is 0 Å². The molecule has 1 heteroatoms. The fraction of sp³-hybridized carbons (Fsp3) is 0.667. The lowest BCUT2D eigenvalue weighted by Crippen LogP contribution is -2.14. The molecule has 106 valence electrons. The summed E-state index contributed by atoms with van der Waals surface area (Å²) in [5, 5.41) is 0. The van der Waals surface area contributed by atoms with Crippen molar-refractivity contribution in [2.75, 3.05) is 7.11 Å². The van der Waals surface area contributed by atoms with Crippen LogP contribution in [-0.2, 0) is 11.8 Å². The predicted molar refractivity (Wildman–Crippen MR) is 82.0 cm³/mol. The summed E-state index contributed by atoms with van der Waals surface area (Å²) >= 11 is 0. The highest BCUT2D eigenvalue weighted by molar-refractivity contribution is 5.40. The average molecular weight is 260 g/mol. The van der Waals surface area contributed by atoms with Gasteiger partial charge in [0.1, 0.15) is 5.75 Å². The zero-order valence-corrected chi connectivity index (χ0v) is 13.0. The molecule has 1 nitrogen and oxygen atoms in total. The third-order valence-corrected chi connectivity index (χ3v) is 4.38. The van der Waals surface area contributed by atoms with E-state index in [-0.39, 0.29) is 5.41 Å². The Bertz CT molecular complexity index is 408. The van der Waals surface area contributed by atoms with Gasteiger partial charge in [0.05, 0.1) is 7.11 Å². The van der Waals surface area contributed by atoms with Gasteiger partial charge >= 0.3 is 0 Å². The molecule has 2 rings (SSSR count). The molecular formula is C18H28O. The summed E-state index contributed by atoms with van der Waals surface area (Å²) in [4.78, 5) is 0. The van der Waals surface area contributed by atoms with Crippen molar-refractivity contribution < 1.29 is 4.74 Å². The summed E-state index contributed by atoms with van der Waals surface area (Å²) in [6.07, 6.45) is 8.21. The first-order chi connectivity index (χ1) is 9.00. The highest BCUT2D eigenvalue weighted by Gasteiger charge is 2.19. The first kappa shape index (κ1) is 14.4. The van der Waals surface area contributed by atoms with Crippen LogP contribution in [0.25, 0.3) is 0 Å². The van der Waals surface area contributed by atoms with Gasteiger partial charge in [0.15, 0.2) is 0 Å². The maximum Gasteiger partial charge on any atom is 0.122 e. The molecule has 1 saturated carbocycles. The molecule has 1 aromatic carbocycles. The van der Waals surface area contributed by atoms with E-state index < -0.39 is 0 Å². The van der Waals surface area contributed by atoms with Crippen molar-refractivity contribution in [3.8, 4) is 5.75 Å². The monoisotopic (exact) mass is 260 g/mol. The fourth-order valence-electron chi connectivity index (χ4n) is 3.11. The van der Waals surface area contributed by atoms with Crippen LogP contribution in [-0.4, -0.2) is 7.11 Å². The molecule has 1 aromatic rings. The van der Waals surface area contributed by atoms with Crippen LogP contribution in [0.15, 0.2) is 18.2 Å². The van der Waals surface area contributed by atoms with Crippen molar-refractivity contribution in [3.05, 3.63) is 29.3 Å². The van der Waals surface area contributed by atoms with E-state index >= 15 is 0 Å². The Balaban J connectivity index is 2.20. The molecule has 0 atom stereocenters. The average Bonchev–Trinajstić information content (AvgIpc) is 2.39. The second-order valence-electron chi connectivity index (χ2n) is 6.98. The van der Waals surface area contributed by atoms with E-state index in [9.17, 15) is 0 Å². The molecule has 0 N–H and O–H groups in total. The van der Waals surface area contributed by atoms with E-state index in [2.05, 4.69) is 39.0 Å². The molecule has 0 heterocycles. The van der Waals surface area contributed by atoms with Crippen molar-refractivity contribution in [3.63, 3.8) is 0 Å². The van der Waals surface area contributed by atoms with Crippen molar-refractivity contribution in [2.24, 2.45) is 5.92 Å². The molecular weight excluding hydrogens is 232 g/mol. The standard InChI is InChI=1S/C18H28O/c1-18(2,3)16-10-11-17(19-4)15(13-16)12-14-8-6-5-7-9-14/h10-11,13-14H,5-9,12H2,1-4H3. The normalized spacial score (nSPS) is 17.5. The van der Waals surface area contributed by atoms with Gasteiger partial charge < -0.3 is 4.74 Å². The number of hydrogen-bond donors (Lipinski definition) is 0. The van der Waals surface area contributed by atoms with E-state index in [1.165, 1.54) is 49.7 Å². The maximum atomic E-state index is 5.55. The largest absolute Gasteiger partial charge is 0.496 e. The topological polar surface area (TPSA) is 9.23 Å². The minimum absolute atomic E-state index is 0.216. The Morgan fingerprint density at radius 3 is 2.37 bits per heavy atom. The van der Waals surface area contributed by atoms with Crippen molar-refractivity contribution >= 4 is 0 Å². The van der Waals surface area contributed by atoms with Crippen LogP contribution in [0.3, 0.4) is 0 Å². The van der Waals surface area contributed by atoms with Gasteiger partial charge in [0.2, 0.25) is 0 Å². The minimum atomic E-state index is 0.216. The lowest BCUT2D eigenvalue weighted by molar-refractivity contribution is 0.347. The van der Waals surface area contributed by atoms with Crippen LogP contribution in [0.5, 0.6) is 5.75 Å². The predicted octanol–water partition coefficient (Wildman–Crippen LogP) is 5.12. The number of methoxy groups -OCH3 is 1. The molecule has 1 fully saturated rings. The first-order valence-corrected chi connectivity index (χ1v) is 7.68. The Morgan fingerprint density at radius 2 is 1.79 bits per heavy atom. The van der Waals surface area contributed by atoms with Crippen molar-refractivity contribution in [1.82, 2.24) is 0 Å². The molecule has 0 amide bonds. The summed E-state index contributed by atoms with van der Waals surface area (Å²) in [5.41, 5.74) is 3.04. The Kier molecular flexibility index (Phi) is 4.54. The number of benzene rings is 1. The minimum Gasteiger partial charge on any atom is -0.496 e. The molecule has 0 aliphatic heterocycles. The quantitative estimate of drug-likeness (QED) is 0.733. The van der Waals surface area contributed by atoms with E-state index in [0.29, 0.717) is 0 Å². The van der Waals surface area contributed by atoms with E-state index in [0.717, 1.165) is 11.7 Å². The molecule has 0 spiro atoms. The fourth-order valence-corrected chi connectivity index (χ4v) is 3.11. The van der Waals surface area contributed by atoms with E-state index in [1.807, 2.05) is 0 Å². The Hall–Kier alpha value is -0.980. The molecule has 0 bridgehead atoms. The Morgan fingerprint density at radius 1 is 1.11 bits per heavy atom. The third kappa shape index (κ3) is 3.75. The van der Waals surface area contributed by atoms with Gasteiger partial charge in [-0.2, -0.15) is 0 Å². The lowest BCUT2D eigenvalue weighted by Gasteiger charge is -2.25. The highest BCUT2D eigenvalue weighted by atomic mass is 16.5. The summed E-state index contributed by atoms with van der Waals surface area (Å²) in [6, 6.07) is 6.73.